The Balaban J connectivity index is 2.01. The maximum absolute atomic E-state index is 5.68. The van der Waals surface area contributed by atoms with Crippen LogP contribution in [0.5, 0.6) is 0 Å². The molecular weight excluding hydrogens is 212 g/mol. The number of nitrogens with zero attached hydrogens (tertiary/aromatic N) is 1. The lowest BCUT2D eigenvalue weighted by Crippen LogP contribution is -2.37. The maximum atomic E-state index is 5.68. The van der Waals surface area contributed by atoms with Crippen molar-refractivity contribution in [2.24, 2.45) is 5.92 Å². The third-order valence-electron chi connectivity index (χ3n) is 3.44. The summed E-state index contributed by atoms with van der Waals surface area (Å²) in [5.74, 6) is 0.802. The van der Waals surface area contributed by atoms with Gasteiger partial charge < -0.3 is 10.1 Å². The predicted molar refractivity (Wildman–Crippen MR) is 73.4 cm³/mol. The Morgan fingerprint density at radius 1 is 1.35 bits per heavy atom. The molecule has 0 aromatic carbocycles. The van der Waals surface area contributed by atoms with Crippen LogP contribution in [0.1, 0.15) is 40.0 Å². The standard InChI is InChI=1S/C14H30N2O/c1-4-16(12-14-6-5-11-17-14)10-9-15-8-7-13(2)3/h13-15H,4-12H2,1-3H3. The molecule has 1 aliphatic rings. The van der Waals surface area contributed by atoms with Crippen molar-refractivity contribution in [1.82, 2.24) is 10.2 Å². The molecule has 0 saturated carbocycles. The van der Waals surface area contributed by atoms with E-state index in [-0.39, 0.29) is 0 Å². The Kier molecular flexibility index (Phi) is 7.82. The van der Waals surface area contributed by atoms with Gasteiger partial charge in [0.15, 0.2) is 0 Å². The van der Waals surface area contributed by atoms with Crippen LogP contribution in [0.3, 0.4) is 0 Å². The highest BCUT2D eigenvalue weighted by molar-refractivity contribution is 4.70. The maximum Gasteiger partial charge on any atom is 0.0702 e. The Hall–Kier alpha value is -0.120. The van der Waals surface area contributed by atoms with E-state index < -0.39 is 0 Å². The second-order valence-corrected chi connectivity index (χ2v) is 5.46. The highest BCUT2D eigenvalue weighted by Crippen LogP contribution is 2.12. The molecule has 0 radical (unpaired) electrons. The lowest BCUT2D eigenvalue weighted by molar-refractivity contribution is 0.0751. The number of ether oxygens (including phenoxy) is 1. The van der Waals surface area contributed by atoms with Crippen molar-refractivity contribution >= 4 is 0 Å². The molecule has 3 heteroatoms. The van der Waals surface area contributed by atoms with Gasteiger partial charge in [-0.1, -0.05) is 20.8 Å². The van der Waals surface area contributed by atoms with E-state index in [2.05, 4.69) is 31.0 Å². The molecule has 3 nitrogen and oxygen atoms in total. The lowest BCUT2D eigenvalue weighted by Gasteiger charge is -2.23. The smallest absolute Gasteiger partial charge is 0.0702 e. The highest BCUT2D eigenvalue weighted by atomic mass is 16.5. The van der Waals surface area contributed by atoms with Gasteiger partial charge >= 0.3 is 0 Å². The van der Waals surface area contributed by atoms with E-state index in [0.717, 1.165) is 45.2 Å². The summed E-state index contributed by atoms with van der Waals surface area (Å²) >= 11 is 0. The summed E-state index contributed by atoms with van der Waals surface area (Å²) in [6.45, 7) is 13.4. The van der Waals surface area contributed by atoms with Crippen molar-refractivity contribution in [3.8, 4) is 0 Å². The van der Waals surface area contributed by atoms with Gasteiger partial charge in [-0.15, -0.1) is 0 Å². The van der Waals surface area contributed by atoms with E-state index in [9.17, 15) is 0 Å². The number of likely N-dealkylation sites (N-methyl/N-ethyl adjacent to an activating group) is 1. The Morgan fingerprint density at radius 2 is 2.18 bits per heavy atom. The molecular formula is C14H30N2O. The molecule has 0 aromatic rings. The third-order valence-corrected chi connectivity index (χ3v) is 3.44. The van der Waals surface area contributed by atoms with Crippen LogP contribution >= 0.6 is 0 Å². The summed E-state index contributed by atoms with van der Waals surface area (Å²) in [5, 5.41) is 3.52. The van der Waals surface area contributed by atoms with Crippen molar-refractivity contribution in [2.45, 2.75) is 46.1 Å². The van der Waals surface area contributed by atoms with Crippen LogP contribution in [-0.4, -0.2) is 50.3 Å². The molecule has 0 bridgehead atoms. The van der Waals surface area contributed by atoms with Crippen LogP contribution in [0.4, 0.5) is 0 Å². The second kappa shape index (κ2) is 8.90. The topological polar surface area (TPSA) is 24.5 Å². The van der Waals surface area contributed by atoms with E-state index >= 15 is 0 Å². The number of rotatable bonds is 9. The first-order chi connectivity index (χ1) is 8.22. The molecule has 1 saturated heterocycles. The minimum absolute atomic E-state index is 0.491. The Labute approximate surface area is 107 Å². The van der Waals surface area contributed by atoms with Gasteiger partial charge in [0, 0.05) is 26.2 Å². The Bertz CT molecular complexity index is 179. The first kappa shape index (κ1) is 14.9. The van der Waals surface area contributed by atoms with Gasteiger partial charge in [-0.2, -0.15) is 0 Å². The summed E-state index contributed by atoms with van der Waals surface area (Å²) < 4.78 is 5.68. The van der Waals surface area contributed by atoms with E-state index in [4.69, 9.17) is 4.74 Å². The summed E-state index contributed by atoms with van der Waals surface area (Å²) in [4.78, 5) is 2.50. The Morgan fingerprint density at radius 3 is 2.76 bits per heavy atom. The molecule has 1 heterocycles. The van der Waals surface area contributed by atoms with Gasteiger partial charge in [0.2, 0.25) is 0 Å². The molecule has 1 fully saturated rings. The molecule has 1 atom stereocenters. The summed E-state index contributed by atoms with van der Waals surface area (Å²) in [6.07, 6.45) is 4.26. The molecule has 0 amide bonds. The van der Waals surface area contributed by atoms with Gasteiger partial charge in [-0.05, 0) is 38.3 Å². The van der Waals surface area contributed by atoms with Crippen molar-refractivity contribution in [3.63, 3.8) is 0 Å². The highest BCUT2D eigenvalue weighted by Gasteiger charge is 2.17. The largest absolute Gasteiger partial charge is 0.377 e. The van der Waals surface area contributed by atoms with Crippen LogP contribution < -0.4 is 5.32 Å². The molecule has 1 unspecified atom stereocenters. The second-order valence-electron chi connectivity index (χ2n) is 5.46. The molecule has 0 spiro atoms. The van der Waals surface area contributed by atoms with Gasteiger partial charge in [0.05, 0.1) is 6.10 Å². The van der Waals surface area contributed by atoms with E-state index in [1.165, 1.54) is 19.3 Å². The van der Waals surface area contributed by atoms with Crippen molar-refractivity contribution in [3.05, 3.63) is 0 Å². The van der Waals surface area contributed by atoms with Crippen LogP contribution in [0.25, 0.3) is 0 Å². The van der Waals surface area contributed by atoms with Crippen LogP contribution in [0, 0.1) is 5.92 Å². The lowest BCUT2D eigenvalue weighted by atomic mass is 10.1. The molecule has 1 N–H and O–H groups in total. The monoisotopic (exact) mass is 242 g/mol. The molecule has 1 rings (SSSR count). The number of hydrogen-bond donors (Lipinski definition) is 1. The van der Waals surface area contributed by atoms with Crippen LogP contribution in [0.2, 0.25) is 0 Å². The average Bonchev–Trinajstić information content (AvgIpc) is 2.79. The van der Waals surface area contributed by atoms with Gasteiger partial charge in [-0.25, -0.2) is 0 Å². The minimum atomic E-state index is 0.491. The van der Waals surface area contributed by atoms with Crippen molar-refractivity contribution in [1.29, 1.82) is 0 Å². The molecule has 1 aliphatic heterocycles. The first-order valence-corrected chi connectivity index (χ1v) is 7.27. The van der Waals surface area contributed by atoms with E-state index in [1.807, 2.05) is 0 Å². The quantitative estimate of drug-likeness (QED) is 0.627. The normalized spacial score (nSPS) is 20.6. The minimum Gasteiger partial charge on any atom is -0.377 e. The van der Waals surface area contributed by atoms with E-state index in [1.54, 1.807) is 0 Å². The molecule has 0 aliphatic carbocycles. The number of hydrogen-bond acceptors (Lipinski definition) is 3. The van der Waals surface area contributed by atoms with Crippen LogP contribution in [0.15, 0.2) is 0 Å². The fourth-order valence-electron chi connectivity index (χ4n) is 2.21. The van der Waals surface area contributed by atoms with Crippen LogP contribution in [-0.2, 0) is 4.74 Å². The zero-order valence-electron chi connectivity index (χ0n) is 11.9. The van der Waals surface area contributed by atoms with Gasteiger partial charge in [-0.3, -0.25) is 4.90 Å². The molecule has 0 aromatic heterocycles. The van der Waals surface area contributed by atoms with Crippen molar-refractivity contribution in [2.75, 3.05) is 39.3 Å². The van der Waals surface area contributed by atoms with Gasteiger partial charge in [0.25, 0.3) is 0 Å². The zero-order valence-corrected chi connectivity index (χ0v) is 11.9. The fraction of sp³-hybridized carbons (Fsp3) is 1.00. The molecule has 102 valence electrons. The summed E-state index contributed by atoms with van der Waals surface area (Å²) in [6, 6.07) is 0. The fourth-order valence-corrected chi connectivity index (χ4v) is 2.21. The average molecular weight is 242 g/mol. The SMILES string of the molecule is CCN(CCNCCC(C)C)CC1CCCO1. The predicted octanol–water partition coefficient (Wildman–Crippen LogP) is 2.12. The zero-order chi connectivity index (χ0) is 12.5. The summed E-state index contributed by atoms with van der Waals surface area (Å²) in [5.41, 5.74) is 0. The number of nitrogens with one attached hydrogen (secondary N) is 1. The van der Waals surface area contributed by atoms with Crippen molar-refractivity contribution < 1.29 is 4.74 Å². The van der Waals surface area contributed by atoms with E-state index in [0.29, 0.717) is 6.10 Å². The van der Waals surface area contributed by atoms with Gasteiger partial charge in [0.1, 0.15) is 0 Å². The molecule has 17 heavy (non-hydrogen) atoms. The summed E-state index contributed by atoms with van der Waals surface area (Å²) in [7, 11) is 0. The first-order valence-electron chi connectivity index (χ1n) is 7.27. The third kappa shape index (κ3) is 7.02.